The third-order valence-corrected chi connectivity index (χ3v) is 6.50. The average molecular weight is 421 g/mol. The second-order valence-electron chi connectivity index (χ2n) is 8.29. The zero-order chi connectivity index (χ0) is 21.4. The van der Waals surface area contributed by atoms with Gasteiger partial charge in [-0.1, -0.05) is 19.3 Å². The van der Waals surface area contributed by atoms with Crippen molar-refractivity contribution in [2.45, 2.75) is 44.7 Å². The lowest BCUT2D eigenvalue weighted by Gasteiger charge is -2.37. The van der Waals surface area contributed by atoms with Gasteiger partial charge in [0.1, 0.15) is 29.6 Å². The highest BCUT2D eigenvalue weighted by atomic mass is 16.5. The summed E-state index contributed by atoms with van der Waals surface area (Å²) < 4.78 is 22.8. The van der Waals surface area contributed by atoms with E-state index < -0.39 is 5.63 Å². The molecule has 1 fully saturated rings. The fraction of sp³-hybridized carbons (Fsp3) is 0.400. The van der Waals surface area contributed by atoms with Crippen LogP contribution < -0.4 is 19.8 Å². The highest BCUT2D eigenvalue weighted by Gasteiger charge is 2.28. The first-order chi connectivity index (χ1) is 15.2. The minimum atomic E-state index is -0.401. The first-order valence-electron chi connectivity index (χ1n) is 10.9. The van der Waals surface area contributed by atoms with Gasteiger partial charge in [-0.2, -0.15) is 0 Å². The largest absolute Gasteiger partial charge is 0.497 e. The van der Waals surface area contributed by atoms with E-state index >= 15 is 0 Å². The summed E-state index contributed by atoms with van der Waals surface area (Å²) in [6, 6.07) is 11.7. The molecule has 0 unspecified atom stereocenters. The number of fused-ring (bicyclic) bond motifs is 3. The Balaban J connectivity index is 1.58. The molecule has 6 heteroatoms. The zero-order valence-electron chi connectivity index (χ0n) is 18.0. The molecule has 2 aliphatic rings. The Labute approximate surface area is 181 Å². The average Bonchev–Trinajstić information content (AvgIpc) is 2.83. The molecule has 2 aromatic carbocycles. The lowest BCUT2D eigenvalue weighted by atomic mass is 9.93. The minimum absolute atomic E-state index is 0.401. The van der Waals surface area contributed by atoms with Crippen LogP contribution in [0.4, 0.5) is 0 Å². The summed E-state index contributed by atoms with van der Waals surface area (Å²) in [4.78, 5) is 15.4. The van der Waals surface area contributed by atoms with Gasteiger partial charge in [-0.15, -0.1) is 0 Å². The fourth-order valence-corrected chi connectivity index (χ4v) is 4.80. The van der Waals surface area contributed by atoms with Crippen molar-refractivity contribution in [2.24, 2.45) is 0 Å². The van der Waals surface area contributed by atoms with Gasteiger partial charge in [-0.3, -0.25) is 4.90 Å². The lowest BCUT2D eigenvalue weighted by Crippen LogP contribution is -2.41. The second-order valence-corrected chi connectivity index (χ2v) is 8.29. The van der Waals surface area contributed by atoms with Crippen LogP contribution in [-0.4, -0.2) is 31.9 Å². The molecule has 0 radical (unpaired) electrons. The molecule has 0 atom stereocenters. The van der Waals surface area contributed by atoms with E-state index in [1.807, 2.05) is 18.2 Å². The van der Waals surface area contributed by atoms with Crippen LogP contribution in [0.5, 0.6) is 17.2 Å². The van der Waals surface area contributed by atoms with Gasteiger partial charge >= 0.3 is 5.63 Å². The molecule has 6 nitrogen and oxygen atoms in total. The first-order valence-corrected chi connectivity index (χ1v) is 10.9. The van der Waals surface area contributed by atoms with E-state index in [1.165, 1.54) is 32.1 Å². The van der Waals surface area contributed by atoms with E-state index in [0.717, 1.165) is 23.2 Å². The molecular weight excluding hydrogens is 394 g/mol. The van der Waals surface area contributed by atoms with Crippen LogP contribution in [0, 0.1) is 0 Å². The molecule has 1 aliphatic heterocycles. The second kappa shape index (κ2) is 8.27. The highest BCUT2D eigenvalue weighted by molar-refractivity contribution is 5.87. The van der Waals surface area contributed by atoms with Crippen molar-refractivity contribution in [1.29, 1.82) is 0 Å². The molecule has 5 rings (SSSR count). The van der Waals surface area contributed by atoms with Gasteiger partial charge in [0.15, 0.2) is 0 Å². The lowest BCUT2D eigenvalue weighted by molar-refractivity contribution is 0.0406. The van der Waals surface area contributed by atoms with Gasteiger partial charge in [0.05, 0.1) is 25.3 Å². The van der Waals surface area contributed by atoms with Gasteiger partial charge in [-0.25, -0.2) is 4.79 Å². The Kier molecular flexibility index (Phi) is 5.32. The third kappa shape index (κ3) is 3.65. The number of nitrogens with zero attached hydrogens (tertiary/aromatic N) is 1. The van der Waals surface area contributed by atoms with E-state index in [2.05, 4.69) is 4.90 Å². The zero-order valence-corrected chi connectivity index (χ0v) is 18.0. The summed E-state index contributed by atoms with van der Waals surface area (Å²) in [5, 5.41) is 0.868. The molecule has 0 N–H and O–H groups in total. The number of ether oxygens (including phenoxy) is 3. The summed E-state index contributed by atoms with van der Waals surface area (Å²) >= 11 is 0. The number of hydrogen-bond donors (Lipinski definition) is 0. The maximum absolute atomic E-state index is 13.1. The van der Waals surface area contributed by atoms with Gasteiger partial charge in [0, 0.05) is 23.5 Å². The summed E-state index contributed by atoms with van der Waals surface area (Å²) in [6.45, 7) is 1.33. The minimum Gasteiger partial charge on any atom is -0.497 e. The van der Waals surface area contributed by atoms with Crippen LogP contribution in [-0.2, 0) is 6.54 Å². The Morgan fingerprint density at radius 3 is 2.58 bits per heavy atom. The molecule has 2 heterocycles. The van der Waals surface area contributed by atoms with E-state index in [0.29, 0.717) is 41.0 Å². The van der Waals surface area contributed by atoms with Crippen LogP contribution >= 0.6 is 0 Å². The molecule has 0 bridgehead atoms. The quantitative estimate of drug-likeness (QED) is 0.555. The molecular formula is C25H27NO5. The summed E-state index contributed by atoms with van der Waals surface area (Å²) in [5.41, 5.74) is 2.26. The van der Waals surface area contributed by atoms with Gasteiger partial charge < -0.3 is 18.6 Å². The monoisotopic (exact) mass is 421 g/mol. The Hall–Kier alpha value is -2.99. The van der Waals surface area contributed by atoms with Gasteiger partial charge in [0.2, 0.25) is 0 Å². The summed E-state index contributed by atoms with van der Waals surface area (Å²) in [5.74, 6) is 2.05. The Morgan fingerprint density at radius 2 is 1.81 bits per heavy atom. The van der Waals surface area contributed by atoms with Crippen LogP contribution in [0.3, 0.4) is 0 Å². The number of rotatable bonds is 4. The summed E-state index contributed by atoms with van der Waals surface area (Å²) in [7, 11) is 3.18. The van der Waals surface area contributed by atoms with Gasteiger partial charge in [-0.05, 0) is 49.2 Å². The highest BCUT2D eigenvalue weighted by Crippen LogP contribution is 2.37. The SMILES string of the molecule is COc1ccc(OC)c(-c2cc3ccc4c(c3oc2=O)CN(C2CCCCC2)CO4)c1. The van der Waals surface area contributed by atoms with Crippen molar-refractivity contribution < 1.29 is 18.6 Å². The molecule has 3 aromatic rings. The molecule has 1 aliphatic carbocycles. The number of hydrogen-bond acceptors (Lipinski definition) is 6. The molecule has 0 spiro atoms. The third-order valence-electron chi connectivity index (χ3n) is 6.50. The molecule has 31 heavy (non-hydrogen) atoms. The first kappa shape index (κ1) is 19.9. The molecule has 0 amide bonds. The topological polar surface area (TPSA) is 61.1 Å². The van der Waals surface area contributed by atoms with Crippen LogP contribution in [0.25, 0.3) is 22.1 Å². The van der Waals surface area contributed by atoms with Crippen molar-refractivity contribution in [3.05, 3.63) is 52.4 Å². The smallest absolute Gasteiger partial charge is 0.344 e. The fourth-order valence-electron chi connectivity index (χ4n) is 4.80. The van der Waals surface area contributed by atoms with Crippen molar-refractivity contribution in [3.63, 3.8) is 0 Å². The van der Waals surface area contributed by atoms with Crippen molar-refractivity contribution in [2.75, 3.05) is 21.0 Å². The maximum Gasteiger partial charge on any atom is 0.344 e. The van der Waals surface area contributed by atoms with Gasteiger partial charge in [0.25, 0.3) is 0 Å². The van der Waals surface area contributed by atoms with Crippen LogP contribution in [0.1, 0.15) is 37.7 Å². The van der Waals surface area contributed by atoms with Crippen molar-refractivity contribution in [1.82, 2.24) is 4.90 Å². The summed E-state index contributed by atoms with van der Waals surface area (Å²) in [6.07, 6.45) is 6.26. The number of methoxy groups -OCH3 is 2. The number of benzene rings is 2. The normalized spacial score (nSPS) is 17.2. The van der Waals surface area contributed by atoms with E-state index in [4.69, 9.17) is 18.6 Å². The molecule has 0 saturated heterocycles. The molecule has 1 aromatic heterocycles. The molecule has 1 saturated carbocycles. The standard InChI is InChI=1S/C25H27NO5/c1-28-18-9-11-22(29-2)19(13-18)20-12-16-8-10-23-21(24(16)31-25(20)27)14-26(15-30-23)17-6-4-3-5-7-17/h8-13,17H,3-7,14-15H2,1-2H3. The Bertz CT molecular complexity index is 1160. The Morgan fingerprint density at radius 1 is 0.968 bits per heavy atom. The van der Waals surface area contributed by atoms with Crippen LogP contribution in [0.15, 0.2) is 45.6 Å². The molecule has 162 valence electrons. The van der Waals surface area contributed by atoms with Crippen LogP contribution in [0.2, 0.25) is 0 Å². The van der Waals surface area contributed by atoms with Crippen molar-refractivity contribution in [3.8, 4) is 28.4 Å². The maximum atomic E-state index is 13.1. The predicted molar refractivity (Wildman–Crippen MR) is 119 cm³/mol. The van der Waals surface area contributed by atoms with E-state index in [1.54, 1.807) is 32.4 Å². The van der Waals surface area contributed by atoms with E-state index in [-0.39, 0.29) is 0 Å². The van der Waals surface area contributed by atoms with Crippen molar-refractivity contribution >= 4 is 11.0 Å². The van der Waals surface area contributed by atoms with E-state index in [9.17, 15) is 4.79 Å². The predicted octanol–water partition coefficient (Wildman–Crippen LogP) is 4.96.